The van der Waals surface area contributed by atoms with Crippen molar-refractivity contribution in [2.24, 2.45) is 10.7 Å². The minimum absolute atomic E-state index is 0.122. The summed E-state index contributed by atoms with van der Waals surface area (Å²) in [6.07, 6.45) is 0. The maximum Gasteiger partial charge on any atom is 0.326 e. The molecule has 0 radical (unpaired) electrons. The fraction of sp³-hybridized carbons (Fsp3) is 0.333. The van der Waals surface area contributed by atoms with Crippen LogP contribution in [0.25, 0.3) is 0 Å². The van der Waals surface area contributed by atoms with E-state index in [1.54, 1.807) is 0 Å². The molecule has 0 bridgehead atoms. The number of guanidine groups is 1. The zero-order chi connectivity index (χ0) is 12.8. The molecule has 92 valence electrons. The second kappa shape index (κ2) is 5.89. The predicted octanol–water partition coefficient (Wildman–Crippen LogP) is 1.76. The van der Waals surface area contributed by atoms with Gasteiger partial charge in [-0.25, -0.2) is 4.79 Å². The SMILES string of the molecule is CCN=C(N)NC(=O)Nc1c(C)cccc1C. The van der Waals surface area contributed by atoms with Crippen molar-refractivity contribution in [1.82, 2.24) is 5.32 Å². The zero-order valence-electron chi connectivity index (χ0n) is 10.4. The number of nitrogens with zero attached hydrogens (tertiary/aromatic N) is 1. The molecule has 5 nitrogen and oxygen atoms in total. The smallest absolute Gasteiger partial charge is 0.326 e. The number of anilines is 1. The molecule has 0 saturated carbocycles. The summed E-state index contributed by atoms with van der Waals surface area (Å²) in [5, 5.41) is 5.22. The average molecular weight is 234 g/mol. The first-order valence-electron chi connectivity index (χ1n) is 5.48. The Kier molecular flexibility index (Phi) is 4.51. The first-order valence-corrected chi connectivity index (χ1v) is 5.48. The lowest BCUT2D eigenvalue weighted by molar-refractivity contribution is 0.256. The molecule has 0 aliphatic heterocycles. The van der Waals surface area contributed by atoms with Crippen LogP contribution in [0.2, 0.25) is 0 Å². The average Bonchev–Trinajstić information content (AvgIpc) is 2.24. The monoisotopic (exact) mass is 234 g/mol. The molecular weight excluding hydrogens is 216 g/mol. The molecule has 1 rings (SSSR count). The molecule has 1 aromatic carbocycles. The van der Waals surface area contributed by atoms with Gasteiger partial charge in [0.25, 0.3) is 0 Å². The molecule has 0 spiro atoms. The lowest BCUT2D eigenvalue weighted by Crippen LogP contribution is -2.39. The quantitative estimate of drug-likeness (QED) is 0.538. The number of urea groups is 1. The zero-order valence-corrected chi connectivity index (χ0v) is 10.4. The summed E-state index contributed by atoms with van der Waals surface area (Å²) in [5.74, 6) is 0.122. The van der Waals surface area contributed by atoms with E-state index in [1.807, 2.05) is 39.0 Å². The Balaban J connectivity index is 2.72. The van der Waals surface area contributed by atoms with Crippen LogP contribution in [0, 0.1) is 13.8 Å². The third kappa shape index (κ3) is 3.79. The van der Waals surface area contributed by atoms with Crippen molar-refractivity contribution in [2.45, 2.75) is 20.8 Å². The van der Waals surface area contributed by atoms with Gasteiger partial charge in [-0.2, -0.15) is 0 Å². The number of hydrogen-bond acceptors (Lipinski definition) is 2. The molecule has 5 heteroatoms. The first-order chi connectivity index (χ1) is 8.04. The van der Waals surface area contributed by atoms with Gasteiger partial charge in [-0.05, 0) is 31.9 Å². The molecule has 1 aromatic rings. The highest BCUT2D eigenvalue weighted by Gasteiger charge is 2.07. The van der Waals surface area contributed by atoms with Gasteiger partial charge >= 0.3 is 6.03 Å². The largest absolute Gasteiger partial charge is 0.370 e. The van der Waals surface area contributed by atoms with Crippen LogP contribution < -0.4 is 16.4 Å². The lowest BCUT2D eigenvalue weighted by Gasteiger charge is -2.11. The van der Waals surface area contributed by atoms with Crippen LogP contribution >= 0.6 is 0 Å². The summed E-state index contributed by atoms with van der Waals surface area (Å²) in [6, 6.07) is 5.44. The number of aryl methyl sites for hydroxylation is 2. The second-order valence-corrected chi connectivity index (χ2v) is 3.71. The van der Waals surface area contributed by atoms with Crippen molar-refractivity contribution >= 4 is 17.7 Å². The van der Waals surface area contributed by atoms with Gasteiger partial charge in [0.15, 0.2) is 5.96 Å². The van der Waals surface area contributed by atoms with E-state index in [2.05, 4.69) is 15.6 Å². The number of carbonyl (C=O) groups excluding carboxylic acids is 1. The van der Waals surface area contributed by atoms with Crippen LogP contribution in [-0.2, 0) is 0 Å². The lowest BCUT2D eigenvalue weighted by atomic mass is 10.1. The van der Waals surface area contributed by atoms with Crippen molar-refractivity contribution in [2.75, 3.05) is 11.9 Å². The highest BCUT2D eigenvalue weighted by atomic mass is 16.2. The number of aliphatic imine (C=N–C) groups is 1. The molecular formula is C12H18N4O. The van der Waals surface area contributed by atoms with E-state index in [1.165, 1.54) is 0 Å². The van der Waals surface area contributed by atoms with Gasteiger partial charge in [-0.1, -0.05) is 18.2 Å². The van der Waals surface area contributed by atoms with Crippen molar-refractivity contribution < 1.29 is 4.79 Å². The predicted molar refractivity (Wildman–Crippen MR) is 70.2 cm³/mol. The summed E-state index contributed by atoms with van der Waals surface area (Å²) in [5.41, 5.74) is 8.30. The van der Waals surface area contributed by atoms with Crippen LogP contribution in [0.4, 0.5) is 10.5 Å². The van der Waals surface area contributed by atoms with E-state index in [4.69, 9.17) is 5.73 Å². The molecule has 0 heterocycles. The Morgan fingerprint density at radius 3 is 2.47 bits per heavy atom. The van der Waals surface area contributed by atoms with Crippen molar-refractivity contribution in [3.8, 4) is 0 Å². The van der Waals surface area contributed by atoms with Gasteiger partial charge in [0.05, 0.1) is 0 Å². The topological polar surface area (TPSA) is 79.5 Å². The summed E-state index contributed by atoms with van der Waals surface area (Å²) < 4.78 is 0. The maximum atomic E-state index is 11.6. The summed E-state index contributed by atoms with van der Waals surface area (Å²) in [4.78, 5) is 15.5. The minimum atomic E-state index is -0.378. The van der Waals surface area contributed by atoms with E-state index < -0.39 is 0 Å². The molecule has 0 unspecified atom stereocenters. The molecule has 0 aliphatic carbocycles. The van der Waals surface area contributed by atoms with Gasteiger partial charge in [-0.3, -0.25) is 10.3 Å². The molecule has 4 N–H and O–H groups in total. The second-order valence-electron chi connectivity index (χ2n) is 3.71. The highest BCUT2D eigenvalue weighted by Crippen LogP contribution is 2.18. The molecule has 0 aliphatic rings. The van der Waals surface area contributed by atoms with Gasteiger partial charge in [0.2, 0.25) is 0 Å². The fourth-order valence-corrected chi connectivity index (χ4v) is 1.48. The Morgan fingerprint density at radius 2 is 1.94 bits per heavy atom. The van der Waals surface area contributed by atoms with Crippen molar-refractivity contribution in [3.63, 3.8) is 0 Å². The van der Waals surface area contributed by atoms with Crippen LogP contribution in [0.5, 0.6) is 0 Å². The minimum Gasteiger partial charge on any atom is -0.370 e. The number of carbonyl (C=O) groups is 1. The van der Waals surface area contributed by atoms with E-state index in [-0.39, 0.29) is 12.0 Å². The third-order valence-electron chi connectivity index (χ3n) is 2.29. The molecule has 2 amide bonds. The molecule has 0 aromatic heterocycles. The van der Waals surface area contributed by atoms with E-state index in [0.29, 0.717) is 6.54 Å². The number of hydrogen-bond donors (Lipinski definition) is 3. The maximum absolute atomic E-state index is 11.6. The molecule has 0 atom stereocenters. The Labute approximate surface area is 101 Å². The Hall–Kier alpha value is -2.04. The van der Waals surface area contributed by atoms with Gasteiger partial charge in [0, 0.05) is 12.2 Å². The molecule has 0 fully saturated rings. The normalized spacial score (nSPS) is 11.1. The third-order valence-corrected chi connectivity index (χ3v) is 2.29. The number of para-hydroxylation sites is 1. The number of rotatable bonds is 2. The molecule has 17 heavy (non-hydrogen) atoms. The number of amides is 2. The highest BCUT2D eigenvalue weighted by molar-refractivity contribution is 6.02. The van der Waals surface area contributed by atoms with Crippen LogP contribution in [0.1, 0.15) is 18.1 Å². The summed E-state index contributed by atoms with van der Waals surface area (Å²) >= 11 is 0. The van der Waals surface area contributed by atoms with E-state index in [9.17, 15) is 4.79 Å². The van der Waals surface area contributed by atoms with Crippen LogP contribution in [-0.4, -0.2) is 18.5 Å². The van der Waals surface area contributed by atoms with E-state index in [0.717, 1.165) is 16.8 Å². The van der Waals surface area contributed by atoms with E-state index >= 15 is 0 Å². The number of benzene rings is 1. The molecule has 0 saturated heterocycles. The van der Waals surface area contributed by atoms with Crippen LogP contribution in [0.15, 0.2) is 23.2 Å². The standard InChI is InChI=1S/C12H18N4O/c1-4-14-11(13)16-12(17)15-10-8(2)6-5-7-9(10)3/h5-7H,4H2,1-3H3,(H4,13,14,15,16,17). The van der Waals surface area contributed by atoms with Gasteiger partial charge in [0.1, 0.15) is 0 Å². The summed E-state index contributed by atoms with van der Waals surface area (Å²) in [6.45, 7) is 6.26. The van der Waals surface area contributed by atoms with Crippen LogP contribution in [0.3, 0.4) is 0 Å². The Bertz CT molecular complexity index is 420. The van der Waals surface area contributed by atoms with Crippen molar-refractivity contribution in [3.05, 3.63) is 29.3 Å². The van der Waals surface area contributed by atoms with Gasteiger partial charge < -0.3 is 11.1 Å². The Morgan fingerprint density at radius 1 is 1.35 bits per heavy atom. The number of nitrogens with one attached hydrogen (secondary N) is 2. The summed E-state index contributed by atoms with van der Waals surface area (Å²) in [7, 11) is 0. The van der Waals surface area contributed by atoms with Crippen molar-refractivity contribution in [1.29, 1.82) is 0 Å². The first kappa shape index (κ1) is 13.0. The van der Waals surface area contributed by atoms with Gasteiger partial charge in [-0.15, -0.1) is 0 Å². The fourth-order valence-electron chi connectivity index (χ4n) is 1.48. The number of nitrogens with two attached hydrogens (primary N) is 1.